The Morgan fingerprint density at radius 2 is 2.03 bits per heavy atom. The summed E-state index contributed by atoms with van der Waals surface area (Å²) in [6, 6.07) is 17.7. The zero-order valence-electron chi connectivity index (χ0n) is 17.6. The number of amides is 1. The van der Waals surface area contributed by atoms with Crippen LogP contribution in [0.1, 0.15) is 48.2 Å². The molecule has 2 aromatic carbocycles. The van der Waals surface area contributed by atoms with Crippen LogP contribution in [-0.2, 0) is 11.2 Å². The lowest BCUT2D eigenvalue weighted by molar-refractivity contribution is -0.124. The summed E-state index contributed by atoms with van der Waals surface area (Å²) in [5.74, 6) is -0.528. The molecule has 3 aromatic rings. The first kappa shape index (κ1) is 20.4. The number of nitrogens with one attached hydrogen (secondary N) is 2. The van der Waals surface area contributed by atoms with E-state index in [-0.39, 0.29) is 0 Å². The molecule has 1 saturated heterocycles. The van der Waals surface area contributed by atoms with E-state index in [1.165, 1.54) is 46.6 Å². The highest BCUT2D eigenvalue weighted by Gasteiger charge is 2.30. The number of H-pyrrole nitrogens is 1. The fraction of sp³-hybridized carbons (Fsp3) is 0.320. The third kappa shape index (κ3) is 4.18. The minimum atomic E-state index is -0.528. The molecule has 0 radical (unpaired) electrons. The van der Waals surface area contributed by atoms with Gasteiger partial charge in [-0.2, -0.15) is 0 Å². The van der Waals surface area contributed by atoms with Crippen LogP contribution >= 0.6 is 0 Å². The van der Waals surface area contributed by atoms with Crippen molar-refractivity contribution in [2.24, 2.45) is 0 Å². The number of aromatic nitrogens is 1. The Hall–Kier alpha value is -2.89. The van der Waals surface area contributed by atoms with Gasteiger partial charge in [-0.05, 0) is 68.5 Å². The Kier molecular flexibility index (Phi) is 6.02. The molecule has 0 spiro atoms. The van der Waals surface area contributed by atoms with Gasteiger partial charge in [0.05, 0.1) is 0 Å². The van der Waals surface area contributed by atoms with Crippen molar-refractivity contribution in [1.82, 2.24) is 15.4 Å². The predicted octanol–water partition coefficient (Wildman–Crippen LogP) is 4.76. The molecule has 0 unspecified atom stereocenters. The van der Waals surface area contributed by atoms with Crippen molar-refractivity contribution in [2.75, 3.05) is 6.54 Å². The zero-order chi connectivity index (χ0) is 21.1. The van der Waals surface area contributed by atoms with Crippen LogP contribution in [0, 0.1) is 6.92 Å². The molecule has 1 aliphatic rings. The van der Waals surface area contributed by atoms with Crippen molar-refractivity contribution in [1.29, 1.82) is 0 Å². The van der Waals surface area contributed by atoms with Crippen molar-refractivity contribution >= 4 is 22.9 Å². The van der Waals surface area contributed by atoms with Gasteiger partial charge in [-0.3, -0.25) is 14.9 Å². The summed E-state index contributed by atoms with van der Waals surface area (Å²) in [5.41, 5.74) is 7.76. The van der Waals surface area contributed by atoms with Gasteiger partial charge in [0.2, 0.25) is 0 Å². The first-order chi connectivity index (χ1) is 14.6. The molecule has 1 aromatic heterocycles. The Morgan fingerprint density at radius 3 is 2.80 bits per heavy atom. The number of benzene rings is 2. The number of carbonyl (C=O) groups is 1. The molecule has 0 bridgehead atoms. The lowest BCUT2D eigenvalue weighted by atomic mass is 9.98. The minimum Gasteiger partial charge on any atom is -0.358 e. The highest BCUT2D eigenvalue weighted by molar-refractivity contribution is 5.90. The molecule has 0 aliphatic carbocycles. The number of fused-ring (bicyclic) bond motifs is 1. The van der Waals surface area contributed by atoms with Gasteiger partial charge in [0, 0.05) is 34.8 Å². The van der Waals surface area contributed by atoms with Crippen LogP contribution in [0.15, 0.2) is 54.6 Å². The quantitative estimate of drug-likeness (QED) is 0.316. The van der Waals surface area contributed by atoms with E-state index in [1.54, 1.807) is 11.6 Å². The summed E-state index contributed by atoms with van der Waals surface area (Å²) in [6.07, 6.45) is 6.53. The largest absolute Gasteiger partial charge is 0.358 e. The van der Waals surface area contributed by atoms with E-state index in [1.807, 2.05) is 12.1 Å². The third-order valence-electron chi connectivity index (χ3n) is 6.34. The van der Waals surface area contributed by atoms with Crippen molar-refractivity contribution in [2.45, 2.75) is 45.2 Å². The van der Waals surface area contributed by atoms with Crippen LogP contribution in [0.3, 0.4) is 0 Å². The lowest BCUT2D eigenvalue weighted by Crippen LogP contribution is -2.33. The molecule has 0 saturated carbocycles. The number of aryl methyl sites for hydroxylation is 1. The van der Waals surface area contributed by atoms with Crippen molar-refractivity contribution in [3.8, 4) is 0 Å². The number of rotatable bonds is 6. The van der Waals surface area contributed by atoms with E-state index < -0.39 is 5.91 Å². The Balaban J connectivity index is 1.49. The van der Waals surface area contributed by atoms with E-state index in [2.05, 4.69) is 60.1 Å². The standard InChI is InChI=1S/C25H29N3O2/c1-17-23(22-7-3-4-8-24(22)26-17)16-21-6-5-15-28(21)18(2)20-12-9-19(10-13-20)11-14-25(29)27-30/h3-4,7-14,18,21,26,30H,5-6,15-16H2,1-2H3,(H,27,29)/b14-11+/t18-,21+/m0/s1. The maximum absolute atomic E-state index is 11.1. The number of likely N-dealkylation sites (tertiary alicyclic amines) is 1. The summed E-state index contributed by atoms with van der Waals surface area (Å²) in [5, 5.41) is 9.93. The highest BCUT2D eigenvalue weighted by atomic mass is 16.5. The van der Waals surface area contributed by atoms with Crippen LogP contribution in [0.25, 0.3) is 17.0 Å². The summed E-state index contributed by atoms with van der Waals surface area (Å²) in [6.45, 7) is 5.58. The smallest absolute Gasteiger partial charge is 0.267 e. The van der Waals surface area contributed by atoms with E-state index in [9.17, 15) is 4.79 Å². The number of carbonyl (C=O) groups excluding carboxylic acids is 1. The van der Waals surface area contributed by atoms with Gasteiger partial charge in [-0.25, -0.2) is 5.48 Å². The molecule has 30 heavy (non-hydrogen) atoms. The maximum Gasteiger partial charge on any atom is 0.267 e. The highest BCUT2D eigenvalue weighted by Crippen LogP contribution is 2.33. The van der Waals surface area contributed by atoms with Gasteiger partial charge >= 0.3 is 0 Å². The Bertz CT molecular complexity index is 1050. The molecule has 2 atom stereocenters. The second kappa shape index (κ2) is 8.86. The van der Waals surface area contributed by atoms with Crippen LogP contribution in [0.4, 0.5) is 0 Å². The molecular weight excluding hydrogens is 374 g/mol. The van der Waals surface area contributed by atoms with Crippen molar-refractivity contribution in [3.63, 3.8) is 0 Å². The molecular formula is C25H29N3O2. The van der Waals surface area contributed by atoms with Crippen LogP contribution < -0.4 is 5.48 Å². The summed E-state index contributed by atoms with van der Waals surface area (Å²) < 4.78 is 0. The fourth-order valence-electron chi connectivity index (χ4n) is 4.71. The number of para-hydroxylation sites is 1. The average Bonchev–Trinajstić information content (AvgIpc) is 3.36. The SMILES string of the molecule is Cc1[nH]c2ccccc2c1C[C@H]1CCCN1[C@@H](C)c1ccc(/C=C/C(=O)NO)cc1. The maximum atomic E-state index is 11.1. The third-order valence-corrected chi connectivity index (χ3v) is 6.34. The average molecular weight is 404 g/mol. The van der Waals surface area contributed by atoms with Gasteiger partial charge in [-0.15, -0.1) is 0 Å². The van der Waals surface area contributed by atoms with Crippen LogP contribution in [0.5, 0.6) is 0 Å². The minimum absolute atomic E-state index is 0.335. The van der Waals surface area contributed by atoms with Crippen LogP contribution in [0.2, 0.25) is 0 Å². The molecule has 5 nitrogen and oxygen atoms in total. The molecule has 1 fully saturated rings. The Morgan fingerprint density at radius 1 is 1.27 bits per heavy atom. The monoisotopic (exact) mass is 403 g/mol. The van der Waals surface area contributed by atoms with Gasteiger partial charge in [-0.1, -0.05) is 42.5 Å². The van der Waals surface area contributed by atoms with E-state index in [4.69, 9.17) is 5.21 Å². The molecule has 4 rings (SSSR count). The predicted molar refractivity (Wildman–Crippen MR) is 120 cm³/mol. The Labute approximate surface area is 177 Å². The topological polar surface area (TPSA) is 68.4 Å². The normalized spacial score (nSPS) is 18.3. The summed E-state index contributed by atoms with van der Waals surface area (Å²) in [4.78, 5) is 17.3. The number of hydrogen-bond donors (Lipinski definition) is 3. The second-order valence-corrected chi connectivity index (χ2v) is 8.16. The summed E-state index contributed by atoms with van der Waals surface area (Å²) >= 11 is 0. The molecule has 2 heterocycles. The van der Waals surface area contributed by atoms with Gasteiger partial charge < -0.3 is 4.98 Å². The van der Waals surface area contributed by atoms with E-state index in [0.29, 0.717) is 12.1 Å². The van der Waals surface area contributed by atoms with Gasteiger partial charge in [0.1, 0.15) is 0 Å². The number of nitrogens with zero attached hydrogens (tertiary/aromatic N) is 1. The summed E-state index contributed by atoms with van der Waals surface area (Å²) in [7, 11) is 0. The molecule has 156 valence electrons. The lowest BCUT2D eigenvalue weighted by Gasteiger charge is -2.31. The van der Waals surface area contributed by atoms with E-state index >= 15 is 0 Å². The van der Waals surface area contributed by atoms with E-state index in [0.717, 1.165) is 18.5 Å². The molecule has 1 aliphatic heterocycles. The molecule has 1 amide bonds. The van der Waals surface area contributed by atoms with Crippen LogP contribution in [-0.4, -0.2) is 33.6 Å². The van der Waals surface area contributed by atoms with Gasteiger partial charge in [0.25, 0.3) is 5.91 Å². The fourth-order valence-corrected chi connectivity index (χ4v) is 4.71. The second-order valence-electron chi connectivity index (χ2n) is 8.16. The van der Waals surface area contributed by atoms with Crippen molar-refractivity contribution < 1.29 is 10.0 Å². The number of hydrogen-bond acceptors (Lipinski definition) is 3. The first-order valence-corrected chi connectivity index (χ1v) is 10.6. The number of hydroxylamine groups is 1. The molecule has 5 heteroatoms. The molecule has 3 N–H and O–H groups in total. The zero-order valence-corrected chi connectivity index (χ0v) is 17.6. The van der Waals surface area contributed by atoms with Gasteiger partial charge in [0.15, 0.2) is 0 Å². The first-order valence-electron chi connectivity index (χ1n) is 10.6. The number of aromatic amines is 1. The van der Waals surface area contributed by atoms with Crippen molar-refractivity contribution in [3.05, 3.63) is 77.0 Å².